The van der Waals surface area contributed by atoms with Gasteiger partial charge in [0.1, 0.15) is 5.82 Å². The van der Waals surface area contributed by atoms with Crippen LogP contribution in [-0.2, 0) is 4.74 Å². The Morgan fingerprint density at radius 3 is 3.14 bits per heavy atom. The highest BCUT2D eigenvalue weighted by Crippen LogP contribution is 2.18. The van der Waals surface area contributed by atoms with Crippen LogP contribution in [0.25, 0.3) is 0 Å². The second kappa shape index (κ2) is 4.11. The average Bonchev–Trinajstić information content (AvgIpc) is 2.69. The van der Waals surface area contributed by atoms with Gasteiger partial charge in [0.15, 0.2) is 0 Å². The molecule has 0 saturated carbocycles. The Labute approximate surface area is 87.9 Å². The van der Waals surface area contributed by atoms with Crippen molar-refractivity contribution >= 4 is 17.4 Å². The summed E-state index contributed by atoms with van der Waals surface area (Å²) in [4.78, 5) is 10.1. The van der Waals surface area contributed by atoms with Crippen molar-refractivity contribution in [2.24, 2.45) is 0 Å². The van der Waals surface area contributed by atoms with E-state index >= 15 is 0 Å². The lowest BCUT2D eigenvalue weighted by molar-refractivity contribution is 0.193. The zero-order valence-electron chi connectivity index (χ0n) is 7.98. The molecule has 0 bridgehead atoms. The predicted molar refractivity (Wildman–Crippen MR) is 54.7 cm³/mol. The van der Waals surface area contributed by atoms with Gasteiger partial charge in [-0.05, 0) is 24.1 Å². The summed E-state index contributed by atoms with van der Waals surface area (Å²) in [6, 6.07) is 2.26. The van der Waals surface area contributed by atoms with Gasteiger partial charge >= 0.3 is 0 Å². The van der Waals surface area contributed by atoms with Gasteiger partial charge in [-0.25, -0.2) is 9.97 Å². The Hall–Kier alpha value is -0.870. The minimum Gasteiger partial charge on any atom is -0.379 e. The molecule has 2 heterocycles. The third kappa shape index (κ3) is 1.96. The van der Waals surface area contributed by atoms with Crippen LogP contribution in [0.5, 0.6) is 0 Å². The van der Waals surface area contributed by atoms with Crippen molar-refractivity contribution in [3.8, 4) is 0 Å². The molecule has 1 atom stereocenters. The molecule has 5 heteroatoms. The van der Waals surface area contributed by atoms with E-state index in [1.165, 1.54) is 0 Å². The Morgan fingerprint density at radius 2 is 2.50 bits per heavy atom. The van der Waals surface area contributed by atoms with Crippen LogP contribution in [0.15, 0.2) is 12.3 Å². The van der Waals surface area contributed by atoms with Crippen LogP contribution in [0.1, 0.15) is 6.42 Å². The van der Waals surface area contributed by atoms with E-state index in [1.54, 1.807) is 6.20 Å². The molecule has 14 heavy (non-hydrogen) atoms. The van der Waals surface area contributed by atoms with E-state index < -0.39 is 0 Å². The molecule has 4 nitrogen and oxygen atoms in total. The fraction of sp³-hybridized carbons (Fsp3) is 0.556. The maximum Gasteiger partial charge on any atom is 0.224 e. The van der Waals surface area contributed by atoms with Gasteiger partial charge in [0.2, 0.25) is 5.28 Å². The molecule has 1 saturated heterocycles. The fourth-order valence-corrected chi connectivity index (χ4v) is 1.68. The van der Waals surface area contributed by atoms with Gasteiger partial charge in [0.25, 0.3) is 0 Å². The molecule has 1 aromatic rings. The fourth-order valence-electron chi connectivity index (χ4n) is 1.54. The third-order valence-corrected chi connectivity index (χ3v) is 2.61. The van der Waals surface area contributed by atoms with Crippen molar-refractivity contribution in [3.05, 3.63) is 17.5 Å². The first-order chi connectivity index (χ1) is 6.77. The van der Waals surface area contributed by atoms with E-state index in [9.17, 15) is 0 Å². The lowest BCUT2D eigenvalue weighted by Gasteiger charge is -2.23. The Bertz CT molecular complexity index is 315. The molecular formula is C9H12ClN3O. The normalized spacial score (nSPS) is 21.1. The van der Waals surface area contributed by atoms with Crippen LogP contribution < -0.4 is 4.90 Å². The first-order valence-electron chi connectivity index (χ1n) is 4.56. The van der Waals surface area contributed by atoms with E-state index in [0.717, 1.165) is 25.5 Å². The lowest BCUT2D eigenvalue weighted by atomic mass is 10.2. The molecule has 0 N–H and O–H groups in total. The molecule has 1 aliphatic rings. The second-order valence-electron chi connectivity index (χ2n) is 3.31. The molecule has 0 amide bonds. The molecule has 1 aliphatic heterocycles. The highest BCUT2D eigenvalue weighted by Gasteiger charge is 2.21. The number of rotatable bonds is 2. The number of hydrogen-bond acceptors (Lipinski definition) is 4. The number of halogens is 1. The van der Waals surface area contributed by atoms with Gasteiger partial charge in [0.05, 0.1) is 12.6 Å². The lowest BCUT2D eigenvalue weighted by Crippen LogP contribution is -2.32. The number of ether oxygens (including phenoxy) is 1. The Morgan fingerprint density at radius 1 is 1.64 bits per heavy atom. The quantitative estimate of drug-likeness (QED) is 0.696. The third-order valence-electron chi connectivity index (χ3n) is 2.43. The highest BCUT2D eigenvalue weighted by atomic mass is 35.5. The Balaban J connectivity index is 2.13. The standard InChI is InChI=1S/C9H12ClN3O/c1-13(7-3-5-14-6-7)8-2-4-11-9(10)12-8/h2,4,7H,3,5-6H2,1H3. The van der Waals surface area contributed by atoms with Gasteiger partial charge in [0, 0.05) is 19.9 Å². The van der Waals surface area contributed by atoms with Gasteiger partial charge in [-0.1, -0.05) is 0 Å². The SMILES string of the molecule is CN(c1ccnc(Cl)n1)C1CCOC1. The van der Waals surface area contributed by atoms with Crippen molar-refractivity contribution in [1.82, 2.24) is 9.97 Å². The molecule has 0 spiro atoms. The summed E-state index contributed by atoms with van der Waals surface area (Å²) < 4.78 is 5.31. The predicted octanol–water partition coefficient (Wildman–Crippen LogP) is 1.36. The smallest absolute Gasteiger partial charge is 0.224 e. The topological polar surface area (TPSA) is 38.2 Å². The van der Waals surface area contributed by atoms with Crippen LogP contribution in [0.2, 0.25) is 5.28 Å². The summed E-state index contributed by atoms with van der Waals surface area (Å²) in [5.41, 5.74) is 0. The van der Waals surface area contributed by atoms with Crippen LogP contribution in [0, 0.1) is 0 Å². The minimum atomic E-state index is 0.285. The van der Waals surface area contributed by atoms with Crippen molar-refractivity contribution in [2.45, 2.75) is 12.5 Å². The number of hydrogen-bond donors (Lipinski definition) is 0. The second-order valence-corrected chi connectivity index (χ2v) is 3.65. The zero-order valence-corrected chi connectivity index (χ0v) is 8.74. The molecule has 76 valence electrons. The molecular weight excluding hydrogens is 202 g/mol. The number of aromatic nitrogens is 2. The van der Waals surface area contributed by atoms with Crippen LogP contribution >= 0.6 is 11.6 Å². The molecule has 0 aromatic carbocycles. The van der Waals surface area contributed by atoms with E-state index in [2.05, 4.69) is 14.9 Å². The maximum atomic E-state index is 5.72. The summed E-state index contributed by atoms with van der Waals surface area (Å²) in [7, 11) is 2.00. The van der Waals surface area contributed by atoms with Gasteiger partial charge in [-0.15, -0.1) is 0 Å². The first kappa shape index (κ1) is 9.68. The number of nitrogens with zero attached hydrogens (tertiary/aromatic N) is 3. The largest absolute Gasteiger partial charge is 0.379 e. The summed E-state index contributed by atoms with van der Waals surface area (Å²) in [6.45, 7) is 1.59. The van der Waals surface area contributed by atoms with Crippen molar-refractivity contribution in [2.75, 3.05) is 25.2 Å². The molecule has 1 unspecified atom stereocenters. The minimum absolute atomic E-state index is 0.285. The average molecular weight is 214 g/mol. The molecule has 1 aromatic heterocycles. The molecule has 1 fully saturated rings. The van der Waals surface area contributed by atoms with Crippen LogP contribution in [0.3, 0.4) is 0 Å². The summed E-state index contributed by atoms with van der Waals surface area (Å²) >= 11 is 5.72. The number of likely N-dealkylation sites (N-methyl/N-ethyl adjacent to an activating group) is 1. The zero-order chi connectivity index (χ0) is 9.97. The van der Waals surface area contributed by atoms with Crippen molar-refractivity contribution in [3.63, 3.8) is 0 Å². The van der Waals surface area contributed by atoms with E-state index in [-0.39, 0.29) is 5.28 Å². The van der Waals surface area contributed by atoms with Gasteiger partial charge < -0.3 is 9.64 Å². The van der Waals surface area contributed by atoms with Gasteiger partial charge in [-0.2, -0.15) is 0 Å². The Kier molecular flexibility index (Phi) is 2.84. The number of anilines is 1. The first-order valence-corrected chi connectivity index (χ1v) is 4.94. The summed E-state index contributed by atoms with van der Waals surface area (Å²) in [6.07, 6.45) is 2.70. The molecule has 0 radical (unpaired) electrons. The van der Waals surface area contributed by atoms with E-state index in [1.807, 2.05) is 13.1 Å². The van der Waals surface area contributed by atoms with E-state index in [4.69, 9.17) is 16.3 Å². The monoisotopic (exact) mass is 213 g/mol. The highest BCUT2D eigenvalue weighted by molar-refractivity contribution is 6.28. The van der Waals surface area contributed by atoms with Crippen LogP contribution in [-0.4, -0.2) is 36.3 Å². The summed E-state index contributed by atoms with van der Waals surface area (Å²) in [5.74, 6) is 0.848. The molecule has 2 rings (SSSR count). The maximum absolute atomic E-state index is 5.72. The van der Waals surface area contributed by atoms with E-state index in [0.29, 0.717) is 6.04 Å². The molecule has 0 aliphatic carbocycles. The van der Waals surface area contributed by atoms with Crippen LogP contribution in [0.4, 0.5) is 5.82 Å². The van der Waals surface area contributed by atoms with Crippen molar-refractivity contribution < 1.29 is 4.74 Å². The van der Waals surface area contributed by atoms with Gasteiger partial charge in [-0.3, -0.25) is 0 Å². The van der Waals surface area contributed by atoms with Crippen molar-refractivity contribution in [1.29, 1.82) is 0 Å². The summed E-state index contributed by atoms with van der Waals surface area (Å²) in [5, 5.41) is 0.285.